The predicted molar refractivity (Wildman–Crippen MR) is 22.1 cm³/mol. The summed E-state index contributed by atoms with van der Waals surface area (Å²) in [6, 6.07) is 0. The zero-order chi connectivity index (χ0) is 4.99. The Morgan fingerprint density at radius 3 is 2.33 bits per heavy atom. The van der Waals surface area contributed by atoms with Crippen LogP contribution in [0.4, 0.5) is 0 Å². The third kappa shape index (κ3) is 3.84. The van der Waals surface area contributed by atoms with Crippen molar-refractivity contribution < 1.29 is 4.84 Å². The summed E-state index contributed by atoms with van der Waals surface area (Å²) in [5.74, 6) is 5.00. The van der Waals surface area contributed by atoms with Crippen LogP contribution in [-0.4, -0.2) is 19.3 Å². The Morgan fingerprint density at radius 2 is 2.33 bits per heavy atom. The van der Waals surface area contributed by atoms with Gasteiger partial charge < -0.3 is 0 Å². The highest BCUT2D eigenvalue weighted by Crippen LogP contribution is 1.50. The molecule has 0 heterocycles. The van der Waals surface area contributed by atoms with Crippen LogP contribution in [0, 0.1) is 0 Å². The number of hydrogen-bond donors (Lipinski definition) is 2. The summed E-state index contributed by atoms with van der Waals surface area (Å²) in [6.45, 7) is 0. The minimum Gasteiger partial charge on any atom is -0.289 e. The standard InChI is InChI=1S/C2H9N3O/c1-5(3)4-6-2/h4H,3H2,1-2H3. The molecule has 0 fully saturated rings. The number of nitrogens with one attached hydrogen (secondary N) is 1. The van der Waals surface area contributed by atoms with Crippen LogP contribution in [0.5, 0.6) is 0 Å². The number of hydrazine groups is 2. The number of hydrogen-bond acceptors (Lipinski definition) is 4. The fourth-order valence-electron chi connectivity index (χ4n) is 0.144. The highest BCUT2D eigenvalue weighted by molar-refractivity contribution is 3.99. The van der Waals surface area contributed by atoms with Gasteiger partial charge in [0.1, 0.15) is 0 Å². The lowest BCUT2D eigenvalue weighted by Gasteiger charge is -2.06. The van der Waals surface area contributed by atoms with E-state index in [1.807, 2.05) is 0 Å². The second-order valence-electron chi connectivity index (χ2n) is 0.906. The van der Waals surface area contributed by atoms with Crippen LogP contribution >= 0.6 is 0 Å². The molecule has 0 aromatic heterocycles. The molecule has 0 unspecified atom stereocenters. The van der Waals surface area contributed by atoms with Crippen LogP contribution in [0.3, 0.4) is 0 Å². The first kappa shape index (κ1) is 5.84. The van der Waals surface area contributed by atoms with E-state index < -0.39 is 0 Å². The molecule has 0 rings (SSSR count). The molecule has 0 aliphatic carbocycles. The maximum absolute atomic E-state index is 5.00. The summed E-state index contributed by atoms with van der Waals surface area (Å²) in [6.07, 6.45) is 0. The lowest BCUT2D eigenvalue weighted by Crippen LogP contribution is -2.39. The Bertz CT molecular complexity index is 30.0. The maximum atomic E-state index is 5.00. The van der Waals surface area contributed by atoms with Gasteiger partial charge in [0.15, 0.2) is 0 Å². The summed E-state index contributed by atoms with van der Waals surface area (Å²) >= 11 is 0. The molecule has 0 spiro atoms. The van der Waals surface area contributed by atoms with Crippen LogP contribution in [0.15, 0.2) is 0 Å². The van der Waals surface area contributed by atoms with Crippen LogP contribution < -0.4 is 11.4 Å². The molecule has 3 N–H and O–H groups in total. The molecule has 0 aromatic carbocycles. The van der Waals surface area contributed by atoms with Gasteiger partial charge in [-0.15, -0.1) is 5.59 Å². The van der Waals surface area contributed by atoms with E-state index in [4.69, 9.17) is 5.84 Å². The van der Waals surface area contributed by atoms with Crippen molar-refractivity contribution >= 4 is 0 Å². The molecule has 0 amide bonds. The highest BCUT2D eigenvalue weighted by Gasteiger charge is 1.76. The van der Waals surface area contributed by atoms with Gasteiger partial charge in [0.25, 0.3) is 0 Å². The Hall–Kier alpha value is -0.160. The quantitative estimate of drug-likeness (QED) is 0.333. The van der Waals surface area contributed by atoms with E-state index in [0.717, 1.165) is 0 Å². The van der Waals surface area contributed by atoms with Crippen molar-refractivity contribution in [1.29, 1.82) is 0 Å². The number of rotatable bonds is 2. The summed E-state index contributed by atoms with van der Waals surface area (Å²) in [7, 11) is 3.12. The van der Waals surface area contributed by atoms with Crippen LogP contribution in [0.1, 0.15) is 0 Å². The summed E-state index contributed by atoms with van der Waals surface area (Å²) in [5, 5.41) is 1.21. The molecule has 0 atom stereocenters. The van der Waals surface area contributed by atoms with Crippen molar-refractivity contribution in [2.24, 2.45) is 5.84 Å². The molecular formula is C2H9N3O. The van der Waals surface area contributed by atoms with Crippen LogP contribution in [0.25, 0.3) is 0 Å². The maximum Gasteiger partial charge on any atom is 0.0589 e. The van der Waals surface area contributed by atoms with Gasteiger partial charge >= 0.3 is 0 Å². The average molecular weight is 91.1 g/mol. The first-order valence-corrected chi connectivity index (χ1v) is 1.54. The molecule has 0 saturated carbocycles. The second-order valence-corrected chi connectivity index (χ2v) is 0.906. The van der Waals surface area contributed by atoms with Crippen LogP contribution in [-0.2, 0) is 4.84 Å². The first-order chi connectivity index (χ1) is 2.77. The van der Waals surface area contributed by atoms with Gasteiger partial charge in [-0.2, -0.15) is 5.12 Å². The van der Waals surface area contributed by atoms with E-state index in [2.05, 4.69) is 10.4 Å². The van der Waals surface area contributed by atoms with Crippen molar-refractivity contribution in [1.82, 2.24) is 10.7 Å². The second kappa shape index (κ2) is 3.05. The van der Waals surface area contributed by atoms with Gasteiger partial charge in [-0.25, -0.2) is 0 Å². The molecule has 0 aromatic rings. The minimum absolute atomic E-state index is 1.21. The lowest BCUT2D eigenvalue weighted by molar-refractivity contribution is -0.0420. The molecule has 4 nitrogen and oxygen atoms in total. The Kier molecular flexibility index (Phi) is 2.97. The fraction of sp³-hybridized carbons (Fsp3) is 1.00. The Morgan fingerprint density at radius 1 is 1.83 bits per heavy atom. The number of nitrogens with two attached hydrogens (primary N) is 1. The first-order valence-electron chi connectivity index (χ1n) is 1.54. The molecule has 0 aliphatic heterocycles. The van der Waals surface area contributed by atoms with Crippen molar-refractivity contribution in [3.05, 3.63) is 0 Å². The lowest BCUT2D eigenvalue weighted by atomic mass is 11.4. The molecular weight excluding hydrogens is 82.0 g/mol. The predicted octanol–water partition coefficient (Wildman–Crippen LogP) is -1.14. The van der Waals surface area contributed by atoms with Crippen molar-refractivity contribution in [3.63, 3.8) is 0 Å². The summed E-state index contributed by atoms with van der Waals surface area (Å²) in [4.78, 5) is 4.35. The minimum atomic E-state index is 1.21. The van der Waals surface area contributed by atoms with E-state index in [9.17, 15) is 0 Å². The summed E-state index contributed by atoms with van der Waals surface area (Å²) in [5.41, 5.74) is 2.32. The average Bonchev–Trinajstić information content (AvgIpc) is 1.35. The van der Waals surface area contributed by atoms with E-state index in [1.165, 1.54) is 12.2 Å². The van der Waals surface area contributed by atoms with E-state index in [1.54, 1.807) is 7.05 Å². The van der Waals surface area contributed by atoms with Crippen molar-refractivity contribution in [2.75, 3.05) is 14.2 Å². The van der Waals surface area contributed by atoms with Gasteiger partial charge in [0, 0.05) is 7.05 Å². The number of nitrogens with zero attached hydrogens (tertiary/aromatic N) is 1. The van der Waals surface area contributed by atoms with Gasteiger partial charge in [-0.3, -0.25) is 10.7 Å². The smallest absolute Gasteiger partial charge is 0.0589 e. The third-order valence-electron chi connectivity index (χ3n) is 0.235. The molecule has 0 radical (unpaired) electrons. The van der Waals surface area contributed by atoms with Crippen molar-refractivity contribution in [3.8, 4) is 0 Å². The molecule has 6 heavy (non-hydrogen) atoms. The van der Waals surface area contributed by atoms with Crippen molar-refractivity contribution in [2.45, 2.75) is 0 Å². The molecule has 0 aliphatic rings. The van der Waals surface area contributed by atoms with Gasteiger partial charge in [-0.1, -0.05) is 0 Å². The zero-order valence-electron chi connectivity index (χ0n) is 3.93. The topological polar surface area (TPSA) is 50.5 Å². The normalized spacial score (nSPS) is 10.0. The SMILES string of the molecule is CONN(C)N. The van der Waals surface area contributed by atoms with Crippen LogP contribution in [0.2, 0.25) is 0 Å². The fourth-order valence-corrected chi connectivity index (χ4v) is 0.144. The van der Waals surface area contributed by atoms with Gasteiger partial charge in [0.05, 0.1) is 7.11 Å². The molecule has 0 bridgehead atoms. The molecule has 4 heteroatoms. The van der Waals surface area contributed by atoms with E-state index in [0.29, 0.717) is 0 Å². The monoisotopic (exact) mass is 91.1 g/mol. The van der Waals surface area contributed by atoms with Gasteiger partial charge in [0.2, 0.25) is 0 Å². The largest absolute Gasteiger partial charge is 0.289 e. The van der Waals surface area contributed by atoms with Gasteiger partial charge in [-0.05, 0) is 0 Å². The Balaban J connectivity index is 2.63. The molecule has 38 valence electrons. The summed E-state index contributed by atoms with van der Waals surface area (Å²) < 4.78 is 0. The highest BCUT2D eigenvalue weighted by atomic mass is 16.7. The molecule has 0 saturated heterocycles. The zero-order valence-corrected chi connectivity index (χ0v) is 3.93. The Labute approximate surface area is 36.8 Å². The van der Waals surface area contributed by atoms with E-state index >= 15 is 0 Å². The van der Waals surface area contributed by atoms with E-state index in [-0.39, 0.29) is 0 Å². The third-order valence-corrected chi connectivity index (χ3v) is 0.235.